The zero-order valence-electron chi connectivity index (χ0n) is 59.8. The van der Waals surface area contributed by atoms with Crippen LogP contribution in [0.4, 0.5) is 4.79 Å². The summed E-state index contributed by atoms with van der Waals surface area (Å²) in [5.41, 5.74) is -0.966. The van der Waals surface area contributed by atoms with Crippen LogP contribution in [-0.2, 0) is 57.5 Å². The average molecular weight is 1290 g/mol. The van der Waals surface area contributed by atoms with Crippen molar-refractivity contribution in [3.05, 3.63) is 12.2 Å². The third-order valence-corrected chi connectivity index (χ3v) is 17.4. The number of carbonyl (C=O) groups excluding carboxylic acids is 10. The quantitative estimate of drug-likeness (QED) is 0.0432. The Kier molecular flexibility index (Phi) is 33.9. The summed E-state index contributed by atoms with van der Waals surface area (Å²) in [5.74, 6) is -8.64. The number of alkyl carbamates (subject to hydrolysis) is 1. The van der Waals surface area contributed by atoms with Gasteiger partial charge in [-0.1, -0.05) is 109 Å². The second-order valence-electron chi connectivity index (χ2n) is 27.6. The van der Waals surface area contributed by atoms with Crippen LogP contribution in [0.25, 0.3) is 0 Å². The summed E-state index contributed by atoms with van der Waals surface area (Å²) in [7, 11) is 10.8. The van der Waals surface area contributed by atoms with E-state index in [1.54, 1.807) is 55.5 Å². The molecular weight excluding hydrogens is 1170 g/mol. The minimum absolute atomic E-state index is 0.0671. The van der Waals surface area contributed by atoms with E-state index in [9.17, 15) is 57.8 Å². The molecule has 0 aromatic rings. The molecule has 91 heavy (non-hydrogen) atoms. The van der Waals surface area contributed by atoms with Gasteiger partial charge in [-0.05, 0) is 116 Å². The third-order valence-electron chi connectivity index (χ3n) is 17.4. The number of hydroxylamine groups is 2. The molecule has 0 radical (unpaired) electrons. The van der Waals surface area contributed by atoms with Crippen LogP contribution in [-0.4, -0.2) is 234 Å². The number of carboxylic acid groups (broad SMARTS) is 1. The fourth-order valence-corrected chi connectivity index (χ4v) is 11.4. The molecule has 1 rings (SSSR count). The van der Waals surface area contributed by atoms with E-state index in [4.69, 9.17) is 9.57 Å². The highest BCUT2D eigenvalue weighted by atomic mass is 16.7. The van der Waals surface area contributed by atoms with Crippen molar-refractivity contribution in [3.63, 3.8) is 0 Å². The molecule has 10 amide bonds. The number of aliphatic carboxylic acids is 1. The molecule has 26 heteroatoms. The van der Waals surface area contributed by atoms with Gasteiger partial charge in [-0.3, -0.25) is 52.9 Å². The number of rotatable bonds is 37. The molecule has 14 atom stereocenters. The van der Waals surface area contributed by atoms with Crippen LogP contribution in [0.1, 0.15) is 164 Å². The number of nitrogens with zero attached hydrogens (tertiary/aromatic N) is 6. The number of carbonyl (C=O) groups is 11. The Morgan fingerprint density at radius 2 is 1.10 bits per heavy atom. The minimum Gasteiger partial charge on any atom is -0.480 e. The summed E-state index contributed by atoms with van der Waals surface area (Å²) < 4.78 is 5.46. The maximum absolute atomic E-state index is 15.0. The number of nitrogens with one attached hydrogen (secondary N) is 6. The fourth-order valence-electron chi connectivity index (χ4n) is 11.4. The van der Waals surface area contributed by atoms with Crippen molar-refractivity contribution in [2.75, 3.05) is 55.9 Å². The lowest BCUT2D eigenvalue weighted by Gasteiger charge is -2.50. The van der Waals surface area contributed by atoms with Crippen LogP contribution in [0.3, 0.4) is 0 Å². The fraction of sp³-hybridized carbons (Fsp3) is 0.800. The Bertz CT molecular complexity index is 2490. The predicted molar refractivity (Wildman–Crippen MR) is 349 cm³/mol. The second kappa shape index (κ2) is 37.3. The van der Waals surface area contributed by atoms with Crippen LogP contribution in [0.5, 0.6) is 0 Å². The van der Waals surface area contributed by atoms with Crippen LogP contribution in [0.15, 0.2) is 12.2 Å². The summed E-state index contributed by atoms with van der Waals surface area (Å²) in [6.07, 6.45) is 3.35. The molecule has 1 heterocycles. The summed E-state index contributed by atoms with van der Waals surface area (Å²) in [6, 6.07) is -11.8. The first-order valence-electron chi connectivity index (χ1n) is 32.4. The van der Waals surface area contributed by atoms with Crippen LogP contribution >= 0.6 is 0 Å². The van der Waals surface area contributed by atoms with E-state index < -0.39 is 149 Å². The SMILES string of the molecule is C/C=C/C[C@H](C)[C@@H]1ON(C(=O)[C@@H](C(C)C)N(C)C(=O)[C@@H](CC(C)C)N(C)C(=O)[C@H](CC(C)C)N(C)C(=O)[C@H](C)NC(=O)[C@@H](C)NC(=O)[C@H](CC(C)C)N(C)C(=O)[C@H](NC(=O)[C@@H](N(C)C(C)[C@@H](C)NC)C(C)(C)COC(=O)NC)C(C)C)[C@H]1C(=O)N[C@H](CC)C(=O)O. The van der Waals surface area contributed by atoms with Crippen molar-refractivity contribution in [1.82, 2.24) is 61.5 Å². The second-order valence-corrected chi connectivity index (χ2v) is 27.6. The molecule has 0 bridgehead atoms. The van der Waals surface area contributed by atoms with Gasteiger partial charge in [-0.15, -0.1) is 0 Å². The normalized spacial score (nSPS) is 18.4. The number of ether oxygens (including phenoxy) is 1. The van der Waals surface area contributed by atoms with E-state index in [0.717, 1.165) is 5.06 Å². The van der Waals surface area contributed by atoms with E-state index in [0.29, 0.717) is 6.42 Å². The van der Waals surface area contributed by atoms with E-state index >= 15 is 0 Å². The molecule has 0 saturated carbocycles. The Labute approximate surface area is 543 Å². The number of likely N-dealkylation sites (N-methyl/N-ethyl adjacent to an activating group) is 6. The Balaban J connectivity index is 3.55. The van der Waals surface area contributed by atoms with Crippen LogP contribution < -0.4 is 31.9 Å². The van der Waals surface area contributed by atoms with Gasteiger partial charge in [0, 0.05) is 52.7 Å². The van der Waals surface area contributed by atoms with E-state index in [2.05, 4.69) is 31.9 Å². The average Bonchev–Trinajstić information content (AvgIpc) is 0.765. The maximum atomic E-state index is 15.0. The molecular formula is C65H118N12O14. The first kappa shape index (κ1) is 82.6. The minimum atomic E-state index is -1.24. The van der Waals surface area contributed by atoms with Gasteiger partial charge in [0.1, 0.15) is 61.0 Å². The van der Waals surface area contributed by atoms with Crippen molar-refractivity contribution in [2.45, 2.75) is 242 Å². The van der Waals surface area contributed by atoms with Crippen molar-refractivity contribution in [2.24, 2.45) is 40.9 Å². The Hall–Kier alpha value is -6.41. The maximum Gasteiger partial charge on any atom is 0.406 e. The molecule has 1 saturated heterocycles. The summed E-state index contributed by atoms with van der Waals surface area (Å²) in [5, 5.41) is 27.3. The Morgan fingerprint density at radius 1 is 0.615 bits per heavy atom. The molecule has 1 aliphatic rings. The molecule has 522 valence electrons. The van der Waals surface area contributed by atoms with Crippen LogP contribution in [0, 0.1) is 40.9 Å². The molecule has 1 unspecified atom stereocenters. The van der Waals surface area contributed by atoms with Gasteiger partial charge in [0.05, 0.1) is 6.04 Å². The summed E-state index contributed by atoms with van der Waals surface area (Å²) in [6.45, 7) is 33.8. The zero-order chi connectivity index (χ0) is 70.6. The highest BCUT2D eigenvalue weighted by Crippen LogP contribution is 2.34. The van der Waals surface area contributed by atoms with Gasteiger partial charge in [-0.25, -0.2) is 14.7 Å². The van der Waals surface area contributed by atoms with E-state index in [-0.39, 0.29) is 68.0 Å². The summed E-state index contributed by atoms with van der Waals surface area (Å²) in [4.78, 5) is 168. The predicted octanol–water partition coefficient (Wildman–Crippen LogP) is 4.01. The lowest BCUT2D eigenvalue weighted by Crippen LogP contribution is -2.71. The van der Waals surface area contributed by atoms with E-state index in [1.165, 1.54) is 68.7 Å². The standard InChI is InChI=1S/C65H118N12O14/c1-27-29-30-40(13)52-51(56(80)70-45(28-2)63(87)88)77(91-52)62(86)50(39(11)12)76(26)60(84)48(33-37(7)8)75(25)59(83)47(32-36(5)6)74(24)58(82)43(16)69-54(78)42(15)68-55(79)46(31-35(3)4)73(23)61(85)49(38(9)10)71-57(81)53(72(22)44(17)41(14)66-20)65(18,19)34-90-64(89)67-21/h27,29,35-53,66H,28,30-34H2,1-26H3,(H,67,89)(H,68,79)(H,69,78)(H,70,80)(H,71,81)(H,87,88)/b29-27+/t40-,41+,42+,43-,44?,45+,46-,47-,48+,49+,50+,51+,52-,53+/m0/s1. The molecule has 0 aromatic carbocycles. The molecule has 1 fully saturated rings. The zero-order valence-corrected chi connectivity index (χ0v) is 59.8. The molecule has 7 N–H and O–H groups in total. The highest BCUT2D eigenvalue weighted by molar-refractivity contribution is 5.98. The number of allylic oxidation sites excluding steroid dienone is 2. The van der Waals surface area contributed by atoms with Gasteiger partial charge >= 0.3 is 12.1 Å². The number of hydrogen-bond acceptors (Lipinski definition) is 15. The van der Waals surface area contributed by atoms with Crippen molar-refractivity contribution in [1.29, 1.82) is 0 Å². The Morgan fingerprint density at radius 3 is 1.55 bits per heavy atom. The van der Waals surface area contributed by atoms with Gasteiger partial charge in [-0.2, -0.15) is 0 Å². The first-order valence-corrected chi connectivity index (χ1v) is 32.4. The molecule has 0 aliphatic carbocycles. The van der Waals surface area contributed by atoms with Gasteiger partial charge < -0.3 is 61.3 Å². The third kappa shape index (κ3) is 23.0. The number of amides is 10. The molecule has 1 aliphatic heterocycles. The smallest absolute Gasteiger partial charge is 0.406 e. The van der Waals surface area contributed by atoms with E-state index in [1.807, 2.05) is 93.3 Å². The molecule has 0 aromatic heterocycles. The first-order chi connectivity index (χ1) is 42.0. The lowest BCUT2D eigenvalue weighted by atomic mass is 9.82. The van der Waals surface area contributed by atoms with Crippen molar-refractivity contribution < 1.29 is 67.4 Å². The van der Waals surface area contributed by atoms with Gasteiger partial charge in [0.15, 0.2) is 6.04 Å². The van der Waals surface area contributed by atoms with Crippen molar-refractivity contribution >= 4 is 65.2 Å². The molecule has 0 spiro atoms. The van der Waals surface area contributed by atoms with Crippen LogP contribution in [0.2, 0.25) is 0 Å². The van der Waals surface area contributed by atoms with Gasteiger partial charge in [0.25, 0.3) is 5.91 Å². The molecule has 26 nitrogen and oxygen atoms in total. The largest absolute Gasteiger partial charge is 0.480 e. The van der Waals surface area contributed by atoms with Gasteiger partial charge in [0.2, 0.25) is 47.3 Å². The monoisotopic (exact) mass is 1290 g/mol. The topological polar surface area (TPSA) is 318 Å². The lowest BCUT2D eigenvalue weighted by molar-refractivity contribution is -0.321. The number of carboxylic acids is 1. The number of hydrogen-bond donors (Lipinski definition) is 7. The highest BCUT2D eigenvalue weighted by Gasteiger charge is 2.54. The summed E-state index contributed by atoms with van der Waals surface area (Å²) >= 11 is 0. The van der Waals surface area contributed by atoms with Crippen molar-refractivity contribution in [3.8, 4) is 0 Å².